The van der Waals surface area contributed by atoms with Crippen molar-refractivity contribution in [2.75, 3.05) is 45.6 Å². The highest BCUT2D eigenvalue weighted by Crippen LogP contribution is 2.16. The fourth-order valence-electron chi connectivity index (χ4n) is 3.24. The van der Waals surface area contributed by atoms with Gasteiger partial charge in [0.25, 0.3) is 0 Å². The molecule has 7 nitrogen and oxygen atoms in total. The summed E-state index contributed by atoms with van der Waals surface area (Å²) >= 11 is 0. The van der Waals surface area contributed by atoms with Crippen molar-refractivity contribution >= 4 is 15.9 Å². The second kappa shape index (κ2) is 9.94. The fourth-order valence-corrected chi connectivity index (χ4v) is 3.87. The van der Waals surface area contributed by atoms with Crippen LogP contribution in [-0.4, -0.2) is 76.0 Å². The Morgan fingerprint density at radius 3 is 2.15 bits per heavy atom. The number of benzene rings is 1. The Balaban J connectivity index is 1.68. The van der Waals surface area contributed by atoms with E-state index in [-0.39, 0.29) is 24.2 Å². The van der Waals surface area contributed by atoms with Gasteiger partial charge in [-0.15, -0.1) is 0 Å². The van der Waals surface area contributed by atoms with Crippen molar-refractivity contribution in [2.45, 2.75) is 37.6 Å². The quantitative estimate of drug-likeness (QED) is 0.626. The Morgan fingerprint density at radius 1 is 1.04 bits per heavy atom. The van der Waals surface area contributed by atoms with Crippen molar-refractivity contribution in [3.8, 4) is 5.75 Å². The van der Waals surface area contributed by atoms with Gasteiger partial charge in [0.15, 0.2) is 9.84 Å². The number of ether oxygens (including phenoxy) is 2. The van der Waals surface area contributed by atoms with Crippen molar-refractivity contribution in [1.29, 1.82) is 0 Å². The summed E-state index contributed by atoms with van der Waals surface area (Å²) in [6, 6.07) is 6.77. The van der Waals surface area contributed by atoms with Crippen LogP contribution < -0.4 is 4.74 Å². The molecule has 0 aliphatic carbocycles. The van der Waals surface area contributed by atoms with Crippen LogP contribution in [0.2, 0.25) is 0 Å². The normalized spacial score (nSPS) is 15.8. The fraction of sp³-hybridized carbons (Fsp3) is 0.632. The first-order valence-electron chi connectivity index (χ1n) is 9.43. The number of nitrogens with zero attached hydrogens (tertiary/aromatic N) is 2. The maximum Gasteiger partial charge on any atom is 0.409 e. The molecule has 0 radical (unpaired) electrons. The number of rotatable bonds is 8. The smallest absolute Gasteiger partial charge is 0.409 e. The summed E-state index contributed by atoms with van der Waals surface area (Å²) in [5.74, 6) is 0.539. The molecule has 0 atom stereocenters. The number of piperazine rings is 1. The van der Waals surface area contributed by atoms with E-state index in [2.05, 4.69) is 18.7 Å². The van der Waals surface area contributed by atoms with Crippen LogP contribution in [0.25, 0.3) is 0 Å². The molecule has 1 aliphatic rings. The molecule has 1 heterocycles. The molecule has 0 unspecified atom stereocenters. The van der Waals surface area contributed by atoms with Gasteiger partial charge in [0.1, 0.15) is 19.0 Å². The largest absolute Gasteiger partial charge is 0.490 e. The summed E-state index contributed by atoms with van der Waals surface area (Å²) in [6.07, 6.45) is 3.11. The lowest BCUT2D eigenvalue weighted by molar-refractivity contribution is 0.0553. The van der Waals surface area contributed by atoms with Crippen LogP contribution in [0, 0.1) is 0 Å². The molecule has 8 heteroatoms. The summed E-state index contributed by atoms with van der Waals surface area (Å²) in [6.45, 7) is 7.89. The molecule has 0 aromatic heterocycles. The minimum absolute atomic E-state index is 0.152. The van der Waals surface area contributed by atoms with E-state index in [1.54, 1.807) is 17.0 Å². The standard InChI is InChI=1S/C19H30N2O5S/c1-4-16(5-2)20-10-12-21(13-11-20)19(22)26-15-14-25-17-6-8-18(9-7-17)27(3,23)24/h6-9,16H,4-5,10-15H2,1-3H3. The summed E-state index contributed by atoms with van der Waals surface area (Å²) in [7, 11) is -3.22. The third-order valence-electron chi connectivity index (χ3n) is 4.86. The van der Waals surface area contributed by atoms with Crippen LogP contribution in [-0.2, 0) is 14.6 Å². The second-order valence-corrected chi connectivity index (χ2v) is 8.72. The molecule has 1 aliphatic heterocycles. The topological polar surface area (TPSA) is 76.2 Å². The van der Waals surface area contributed by atoms with Gasteiger partial charge in [-0.05, 0) is 37.1 Å². The zero-order chi connectivity index (χ0) is 19.9. The molecule has 1 fully saturated rings. The maximum atomic E-state index is 12.1. The highest BCUT2D eigenvalue weighted by Gasteiger charge is 2.25. The number of carbonyl (C=O) groups is 1. The van der Waals surface area contributed by atoms with Gasteiger partial charge in [-0.25, -0.2) is 13.2 Å². The molecule has 0 bridgehead atoms. The van der Waals surface area contributed by atoms with Crippen molar-refractivity contribution in [2.24, 2.45) is 0 Å². The lowest BCUT2D eigenvalue weighted by Gasteiger charge is -2.38. The zero-order valence-corrected chi connectivity index (χ0v) is 17.2. The van der Waals surface area contributed by atoms with Crippen LogP contribution in [0.15, 0.2) is 29.2 Å². The molecule has 0 saturated carbocycles. The van der Waals surface area contributed by atoms with E-state index in [0.29, 0.717) is 24.9 Å². The van der Waals surface area contributed by atoms with Crippen LogP contribution >= 0.6 is 0 Å². The Morgan fingerprint density at radius 2 is 1.63 bits per heavy atom. The van der Waals surface area contributed by atoms with Crippen LogP contribution in [0.1, 0.15) is 26.7 Å². The van der Waals surface area contributed by atoms with E-state index in [4.69, 9.17) is 9.47 Å². The van der Waals surface area contributed by atoms with Gasteiger partial charge in [-0.1, -0.05) is 13.8 Å². The van der Waals surface area contributed by atoms with Crippen LogP contribution in [0.4, 0.5) is 4.79 Å². The summed E-state index contributed by atoms with van der Waals surface area (Å²) < 4.78 is 33.6. The predicted molar refractivity (Wildman–Crippen MR) is 104 cm³/mol. The molecule has 2 rings (SSSR count). The predicted octanol–water partition coefficient (Wildman–Crippen LogP) is 2.41. The molecular weight excluding hydrogens is 368 g/mol. The Kier molecular flexibility index (Phi) is 7.91. The summed E-state index contributed by atoms with van der Waals surface area (Å²) in [5.41, 5.74) is 0. The molecule has 152 valence electrons. The third-order valence-corrected chi connectivity index (χ3v) is 5.99. The number of hydrogen-bond acceptors (Lipinski definition) is 6. The molecule has 27 heavy (non-hydrogen) atoms. The molecule has 1 aromatic rings. The number of amides is 1. The molecular formula is C19H30N2O5S. The van der Waals surface area contributed by atoms with Crippen LogP contribution in [0.5, 0.6) is 5.75 Å². The minimum Gasteiger partial charge on any atom is -0.490 e. The van der Waals surface area contributed by atoms with E-state index in [0.717, 1.165) is 32.2 Å². The molecule has 1 aromatic carbocycles. The van der Waals surface area contributed by atoms with E-state index < -0.39 is 9.84 Å². The SMILES string of the molecule is CCC(CC)N1CCN(C(=O)OCCOc2ccc(S(C)(=O)=O)cc2)CC1. The minimum atomic E-state index is -3.22. The Hall–Kier alpha value is -1.80. The highest BCUT2D eigenvalue weighted by atomic mass is 32.2. The number of sulfone groups is 1. The van der Waals surface area contributed by atoms with E-state index >= 15 is 0 Å². The van der Waals surface area contributed by atoms with Gasteiger partial charge in [0.05, 0.1) is 4.90 Å². The second-order valence-electron chi connectivity index (χ2n) is 6.70. The van der Waals surface area contributed by atoms with Gasteiger partial charge in [-0.3, -0.25) is 4.90 Å². The first-order chi connectivity index (χ1) is 12.8. The Labute approximate surface area is 162 Å². The van der Waals surface area contributed by atoms with E-state index in [1.807, 2.05) is 0 Å². The molecule has 1 saturated heterocycles. The third kappa shape index (κ3) is 6.39. The van der Waals surface area contributed by atoms with Gasteiger partial charge >= 0.3 is 6.09 Å². The van der Waals surface area contributed by atoms with Crippen molar-refractivity contribution in [1.82, 2.24) is 9.80 Å². The van der Waals surface area contributed by atoms with Gasteiger partial charge in [-0.2, -0.15) is 0 Å². The van der Waals surface area contributed by atoms with Gasteiger partial charge < -0.3 is 14.4 Å². The van der Waals surface area contributed by atoms with E-state index in [9.17, 15) is 13.2 Å². The average molecular weight is 399 g/mol. The van der Waals surface area contributed by atoms with Crippen molar-refractivity contribution in [3.05, 3.63) is 24.3 Å². The average Bonchev–Trinajstić information content (AvgIpc) is 2.66. The Bertz CT molecular complexity index is 693. The summed E-state index contributed by atoms with van der Waals surface area (Å²) in [4.78, 5) is 16.6. The van der Waals surface area contributed by atoms with Gasteiger partial charge in [0.2, 0.25) is 0 Å². The lowest BCUT2D eigenvalue weighted by atomic mass is 10.1. The highest BCUT2D eigenvalue weighted by molar-refractivity contribution is 7.90. The first-order valence-corrected chi connectivity index (χ1v) is 11.3. The molecule has 1 amide bonds. The summed E-state index contributed by atoms with van der Waals surface area (Å²) in [5, 5.41) is 0. The first kappa shape index (κ1) is 21.5. The van der Waals surface area contributed by atoms with Crippen molar-refractivity contribution < 1.29 is 22.7 Å². The van der Waals surface area contributed by atoms with Crippen molar-refractivity contribution in [3.63, 3.8) is 0 Å². The number of hydrogen-bond donors (Lipinski definition) is 0. The van der Waals surface area contributed by atoms with E-state index in [1.165, 1.54) is 12.1 Å². The maximum absolute atomic E-state index is 12.1. The molecule has 0 N–H and O–H groups in total. The number of carbonyl (C=O) groups excluding carboxylic acids is 1. The molecule has 0 spiro atoms. The zero-order valence-electron chi connectivity index (χ0n) is 16.4. The van der Waals surface area contributed by atoms with Gasteiger partial charge in [0, 0.05) is 38.5 Å². The monoisotopic (exact) mass is 398 g/mol. The lowest BCUT2D eigenvalue weighted by Crippen LogP contribution is -2.52. The van der Waals surface area contributed by atoms with Crippen LogP contribution in [0.3, 0.4) is 0 Å².